The number of imidazole rings is 1. The van der Waals surface area contributed by atoms with Crippen LogP contribution in [0.15, 0.2) is 53.7 Å². The number of rotatable bonds is 5. The highest BCUT2D eigenvalue weighted by molar-refractivity contribution is 7.89. The molecule has 8 heteroatoms. The molecule has 3 heterocycles. The third kappa shape index (κ3) is 4.17. The summed E-state index contributed by atoms with van der Waals surface area (Å²) in [5.74, 6) is -0.574. The van der Waals surface area contributed by atoms with Gasteiger partial charge in [-0.1, -0.05) is 12.1 Å². The van der Waals surface area contributed by atoms with Crippen LogP contribution >= 0.6 is 0 Å². The standard InChI is InChI=1S/C24H27N3O4S/c28-24(31-17-21-16-26-12-4-3-7-23(26)25-21)19-10-13-27(14-11-19)32(29,30)22-9-8-18-5-1-2-6-20(18)15-22/h3-4,7-9,12,15-16,19H,1-2,5-6,10-11,13-14,17H2. The first-order chi connectivity index (χ1) is 15.5. The van der Waals surface area contributed by atoms with Gasteiger partial charge in [0.1, 0.15) is 12.3 Å². The van der Waals surface area contributed by atoms with Crippen molar-refractivity contribution in [1.29, 1.82) is 0 Å². The van der Waals surface area contributed by atoms with Crippen molar-refractivity contribution >= 4 is 21.6 Å². The molecule has 1 aromatic carbocycles. The molecule has 2 aliphatic rings. The zero-order valence-electron chi connectivity index (χ0n) is 17.9. The van der Waals surface area contributed by atoms with Gasteiger partial charge in [0.2, 0.25) is 10.0 Å². The lowest BCUT2D eigenvalue weighted by Gasteiger charge is -2.30. The molecule has 0 spiro atoms. The van der Waals surface area contributed by atoms with Crippen LogP contribution in [-0.2, 0) is 39.0 Å². The number of pyridine rings is 1. The zero-order valence-corrected chi connectivity index (χ0v) is 18.8. The van der Waals surface area contributed by atoms with Crippen LogP contribution in [-0.4, -0.2) is 41.2 Å². The number of aryl methyl sites for hydroxylation is 2. The molecule has 32 heavy (non-hydrogen) atoms. The summed E-state index contributed by atoms with van der Waals surface area (Å²) in [5.41, 5.74) is 3.92. The maximum Gasteiger partial charge on any atom is 0.309 e. The number of hydrogen-bond acceptors (Lipinski definition) is 5. The third-order valence-corrected chi connectivity index (χ3v) is 8.42. The summed E-state index contributed by atoms with van der Waals surface area (Å²) in [6.45, 7) is 0.773. The fraction of sp³-hybridized carbons (Fsp3) is 0.417. The predicted octanol–water partition coefficient (Wildman–Crippen LogP) is 3.36. The van der Waals surface area contributed by atoms with Gasteiger partial charge >= 0.3 is 5.97 Å². The molecule has 0 N–H and O–H groups in total. The van der Waals surface area contributed by atoms with Gasteiger partial charge in [0, 0.05) is 25.5 Å². The number of ether oxygens (including phenoxy) is 1. The Labute approximate surface area is 188 Å². The summed E-state index contributed by atoms with van der Waals surface area (Å²) in [6, 6.07) is 11.3. The fourth-order valence-corrected chi connectivity index (χ4v) is 6.19. The maximum absolute atomic E-state index is 13.1. The van der Waals surface area contributed by atoms with Crippen LogP contribution in [0.5, 0.6) is 0 Å². The smallest absolute Gasteiger partial charge is 0.309 e. The third-order valence-electron chi connectivity index (χ3n) is 6.52. The number of hydrogen-bond donors (Lipinski definition) is 0. The molecule has 3 aromatic rings. The average molecular weight is 454 g/mol. The van der Waals surface area contributed by atoms with E-state index in [-0.39, 0.29) is 18.5 Å². The van der Waals surface area contributed by atoms with Gasteiger partial charge in [-0.05, 0) is 73.9 Å². The summed E-state index contributed by atoms with van der Waals surface area (Å²) < 4.78 is 35.2. The predicted molar refractivity (Wildman–Crippen MR) is 120 cm³/mol. The monoisotopic (exact) mass is 453 g/mol. The van der Waals surface area contributed by atoms with E-state index < -0.39 is 10.0 Å². The summed E-state index contributed by atoms with van der Waals surface area (Å²) in [6.07, 6.45) is 8.92. The van der Waals surface area contributed by atoms with Crippen molar-refractivity contribution in [1.82, 2.24) is 13.7 Å². The molecule has 0 amide bonds. The Morgan fingerprint density at radius 2 is 1.84 bits per heavy atom. The second-order valence-electron chi connectivity index (χ2n) is 8.62. The minimum Gasteiger partial charge on any atom is -0.459 e. The Balaban J connectivity index is 1.18. The van der Waals surface area contributed by atoms with Crippen LogP contribution in [0.3, 0.4) is 0 Å². The molecular weight excluding hydrogens is 426 g/mol. The molecule has 7 nitrogen and oxygen atoms in total. The van der Waals surface area contributed by atoms with Crippen LogP contribution in [0.25, 0.3) is 5.65 Å². The zero-order chi connectivity index (χ0) is 22.1. The van der Waals surface area contributed by atoms with Crippen molar-refractivity contribution in [2.75, 3.05) is 13.1 Å². The van der Waals surface area contributed by atoms with Crippen molar-refractivity contribution < 1.29 is 17.9 Å². The molecule has 168 valence electrons. The topological polar surface area (TPSA) is 81.0 Å². The van der Waals surface area contributed by atoms with Crippen molar-refractivity contribution in [3.63, 3.8) is 0 Å². The number of esters is 1. The lowest BCUT2D eigenvalue weighted by molar-refractivity contribution is -0.151. The Kier molecular flexibility index (Phi) is 5.73. The first-order valence-corrected chi connectivity index (χ1v) is 12.7. The van der Waals surface area contributed by atoms with E-state index in [1.54, 1.807) is 6.07 Å². The summed E-state index contributed by atoms with van der Waals surface area (Å²) in [4.78, 5) is 17.4. The van der Waals surface area contributed by atoms with Gasteiger partial charge in [-0.25, -0.2) is 13.4 Å². The molecule has 1 fully saturated rings. The van der Waals surface area contributed by atoms with Gasteiger partial charge in [0.25, 0.3) is 0 Å². The summed E-state index contributed by atoms with van der Waals surface area (Å²) in [5, 5.41) is 0. The van der Waals surface area contributed by atoms with Crippen molar-refractivity contribution in [2.24, 2.45) is 5.92 Å². The van der Waals surface area contributed by atoms with E-state index in [2.05, 4.69) is 4.98 Å². The molecular formula is C24H27N3O4S. The SMILES string of the molecule is O=C(OCc1cn2ccccc2n1)C1CCN(S(=O)(=O)c2ccc3c(c2)CCCC3)CC1. The molecule has 1 aliphatic heterocycles. The van der Waals surface area contributed by atoms with E-state index in [0.717, 1.165) is 30.5 Å². The van der Waals surface area contributed by atoms with Crippen LogP contribution in [0.4, 0.5) is 0 Å². The fourth-order valence-electron chi connectivity index (χ4n) is 4.67. The minimum absolute atomic E-state index is 0.119. The number of nitrogens with zero attached hydrogens (tertiary/aromatic N) is 3. The van der Waals surface area contributed by atoms with E-state index >= 15 is 0 Å². The van der Waals surface area contributed by atoms with Gasteiger partial charge in [0.05, 0.1) is 16.5 Å². The van der Waals surface area contributed by atoms with E-state index in [1.165, 1.54) is 16.3 Å². The highest BCUT2D eigenvalue weighted by Gasteiger charge is 2.33. The average Bonchev–Trinajstić information content (AvgIpc) is 3.25. The molecule has 1 saturated heterocycles. The number of aromatic nitrogens is 2. The van der Waals surface area contributed by atoms with Gasteiger partial charge in [-0.3, -0.25) is 4.79 Å². The Morgan fingerprint density at radius 1 is 1.06 bits per heavy atom. The van der Waals surface area contributed by atoms with E-state index in [4.69, 9.17) is 4.74 Å². The van der Waals surface area contributed by atoms with Gasteiger partial charge in [-0.2, -0.15) is 4.31 Å². The quantitative estimate of drug-likeness (QED) is 0.554. The second-order valence-corrected chi connectivity index (χ2v) is 10.6. The molecule has 0 radical (unpaired) electrons. The van der Waals surface area contributed by atoms with Crippen LogP contribution < -0.4 is 0 Å². The van der Waals surface area contributed by atoms with Crippen LogP contribution in [0, 0.1) is 5.92 Å². The van der Waals surface area contributed by atoms with E-state index in [0.29, 0.717) is 36.5 Å². The number of fused-ring (bicyclic) bond motifs is 2. The van der Waals surface area contributed by atoms with Crippen molar-refractivity contribution in [3.05, 3.63) is 65.6 Å². The Morgan fingerprint density at radius 3 is 2.62 bits per heavy atom. The maximum atomic E-state index is 13.1. The largest absolute Gasteiger partial charge is 0.459 e. The number of sulfonamides is 1. The Hall–Kier alpha value is -2.71. The molecule has 5 rings (SSSR count). The van der Waals surface area contributed by atoms with E-state index in [9.17, 15) is 13.2 Å². The molecule has 1 aliphatic carbocycles. The lowest BCUT2D eigenvalue weighted by atomic mass is 9.92. The molecule has 0 bridgehead atoms. The number of benzene rings is 1. The van der Waals surface area contributed by atoms with Crippen molar-refractivity contribution in [2.45, 2.75) is 50.0 Å². The second kappa shape index (κ2) is 8.67. The highest BCUT2D eigenvalue weighted by atomic mass is 32.2. The van der Waals surface area contributed by atoms with Crippen molar-refractivity contribution in [3.8, 4) is 0 Å². The van der Waals surface area contributed by atoms with Crippen LogP contribution in [0.1, 0.15) is 42.5 Å². The molecule has 0 saturated carbocycles. The molecule has 0 atom stereocenters. The number of carbonyl (C=O) groups is 1. The first-order valence-electron chi connectivity index (χ1n) is 11.2. The van der Waals surface area contributed by atoms with Gasteiger partial charge in [-0.15, -0.1) is 0 Å². The minimum atomic E-state index is -3.55. The molecule has 0 unspecified atom stereocenters. The number of piperidine rings is 1. The van der Waals surface area contributed by atoms with Gasteiger partial charge < -0.3 is 9.14 Å². The van der Waals surface area contributed by atoms with E-state index in [1.807, 2.05) is 47.1 Å². The summed E-state index contributed by atoms with van der Waals surface area (Å²) >= 11 is 0. The molecule has 2 aromatic heterocycles. The highest BCUT2D eigenvalue weighted by Crippen LogP contribution is 2.28. The van der Waals surface area contributed by atoms with Crippen LogP contribution in [0.2, 0.25) is 0 Å². The first kappa shape index (κ1) is 21.2. The normalized spacial score (nSPS) is 17.9. The van der Waals surface area contributed by atoms with Gasteiger partial charge in [0.15, 0.2) is 0 Å². The lowest BCUT2D eigenvalue weighted by Crippen LogP contribution is -2.40. The Bertz CT molecular complexity index is 1210. The summed E-state index contributed by atoms with van der Waals surface area (Å²) in [7, 11) is -3.55. The number of carbonyl (C=O) groups excluding carboxylic acids is 1.